The van der Waals surface area contributed by atoms with Crippen molar-refractivity contribution in [3.63, 3.8) is 0 Å². The number of carbonyl (C=O) groups excluding carboxylic acids is 1. The van der Waals surface area contributed by atoms with Gasteiger partial charge in [0.15, 0.2) is 6.61 Å². The summed E-state index contributed by atoms with van der Waals surface area (Å²) in [5.74, 6) is 5.54. The van der Waals surface area contributed by atoms with Crippen LogP contribution < -0.4 is 5.32 Å². The minimum atomic E-state index is -0.712. The summed E-state index contributed by atoms with van der Waals surface area (Å²) in [6, 6.07) is 10.1. The smallest absolute Gasteiger partial charge is 0.438 e. The van der Waals surface area contributed by atoms with Crippen LogP contribution in [0.3, 0.4) is 0 Å². The maximum atomic E-state index is 10.6. The van der Waals surface area contributed by atoms with Crippen LogP contribution in [0.2, 0.25) is 0 Å². The first kappa shape index (κ1) is 13.1. The third-order valence-corrected chi connectivity index (χ3v) is 1.94. The molecule has 0 spiro atoms. The Morgan fingerprint density at radius 1 is 1.29 bits per heavy atom. The van der Waals surface area contributed by atoms with Crippen molar-refractivity contribution in [3.8, 4) is 11.8 Å². The van der Waals surface area contributed by atoms with Gasteiger partial charge in [0.25, 0.3) is 0 Å². The minimum absolute atomic E-state index is 0.0552. The first-order chi connectivity index (χ1) is 8.33. The van der Waals surface area contributed by atoms with E-state index >= 15 is 0 Å². The number of ether oxygens (including phenoxy) is 2. The molecule has 1 aromatic carbocycles. The highest BCUT2D eigenvalue weighted by atomic mass is 16.7. The fourth-order valence-electron chi connectivity index (χ4n) is 1.13. The van der Waals surface area contributed by atoms with E-state index in [1.807, 2.05) is 30.3 Å². The molecule has 0 aliphatic rings. The van der Waals surface area contributed by atoms with Gasteiger partial charge in [-0.1, -0.05) is 42.2 Å². The molecule has 0 unspecified atom stereocenters. The molecule has 0 heterocycles. The number of benzene rings is 1. The van der Waals surface area contributed by atoms with Gasteiger partial charge in [0, 0.05) is 6.54 Å². The van der Waals surface area contributed by atoms with E-state index in [0.717, 1.165) is 6.54 Å². The summed E-state index contributed by atoms with van der Waals surface area (Å²) in [4.78, 5) is 10.6. The summed E-state index contributed by atoms with van der Waals surface area (Å²) in [5.41, 5.74) is 1.21. The van der Waals surface area contributed by atoms with Crippen LogP contribution in [0.15, 0.2) is 30.3 Å². The molecule has 0 bridgehead atoms. The van der Waals surface area contributed by atoms with Crippen molar-refractivity contribution >= 4 is 6.16 Å². The number of hydrogen-bond acceptors (Lipinski definition) is 4. The third kappa shape index (κ3) is 6.23. The number of hydrogen-bond donors (Lipinski definition) is 1. The Morgan fingerprint density at radius 3 is 2.76 bits per heavy atom. The van der Waals surface area contributed by atoms with E-state index in [1.54, 1.807) is 0 Å². The summed E-state index contributed by atoms with van der Waals surface area (Å²) in [5, 5.41) is 3.16. The van der Waals surface area contributed by atoms with Crippen LogP contribution >= 0.6 is 0 Å². The first-order valence-corrected chi connectivity index (χ1v) is 5.24. The Balaban J connectivity index is 2.08. The predicted octanol–water partition coefficient (Wildman–Crippen LogP) is 1.56. The molecule has 0 saturated heterocycles. The monoisotopic (exact) mass is 233 g/mol. The molecule has 1 N–H and O–H groups in total. The first-order valence-electron chi connectivity index (χ1n) is 5.24. The van der Waals surface area contributed by atoms with E-state index in [4.69, 9.17) is 0 Å². The van der Waals surface area contributed by atoms with Gasteiger partial charge < -0.3 is 14.8 Å². The molecule has 1 rings (SSSR count). The number of nitrogens with one attached hydrogen (secondary N) is 1. The van der Waals surface area contributed by atoms with E-state index in [-0.39, 0.29) is 6.61 Å². The molecule has 0 amide bonds. The van der Waals surface area contributed by atoms with Gasteiger partial charge in [-0.05, 0) is 5.56 Å². The lowest BCUT2D eigenvalue weighted by Crippen LogP contribution is -2.13. The second kappa shape index (κ2) is 8.20. The molecule has 17 heavy (non-hydrogen) atoms. The largest absolute Gasteiger partial charge is 0.508 e. The van der Waals surface area contributed by atoms with Gasteiger partial charge in [0.05, 0.1) is 13.7 Å². The van der Waals surface area contributed by atoms with E-state index in [9.17, 15) is 4.79 Å². The molecule has 4 heteroatoms. The second-order valence-corrected chi connectivity index (χ2v) is 3.19. The Morgan fingerprint density at radius 2 is 2.06 bits per heavy atom. The quantitative estimate of drug-likeness (QED) is 0.487. The fraction of sp³-hybridized carbons (Fsp3) is 0.308. The van der Waals surface area contributed by atoms with Crippen molar-refractivity contribution in [2.45, 2.75) is 6.54 Å². The van der Waals surface area contributed by atoms with Crippen molar-refractivity contribution in [1.82, 2.24) is 5.32 Å². The molecule has 0 aliphatic heterocycles. The maximum Gasteiger partial charge on any atom is 0.508 e. The Labute approximate surface area is 101 Å². The average molecular weight is 233 g/mol. The molecule has 0 fully saturated rings. The fourth-order valence-corrected chi connectivity index (χ4v) is 1.13. The van der Waals surface area contributed by atoms with Crippen molar-refractivity contribution in [2.24, 2.45) is 0 Å². The van der Waals surface area contributed by atoms with Gasteiger partial charge in [-0.2, -0.15) is 0 Å². The lowest BCUT2D eigenvalue weighted by Gasteiger charge is -1.99. The van der Waals surface area contributed by atoms with Gasteiger partial charge in [-0.25, -0.2) is 4.79 Å². The standard InChI is InChI=1S/C13H15NO3/c1-16-13(15)17-10-6-5-9-14-11-12-7-3-2-4-8-12/h2-4,7-8,14H,9-11H2,1H3. The van der Waals surface area contributed by atoms with Gasteiger partial charge in [0.2, 0.25) is 0 Å². The average Bonchev–Trinajstić information content (AvgIpc) is 2.38. The number of methoxy groups -OCH3 is 1. The Hall–Kier alpha value is -1.99. The zero-order chi connectivity index (χ0) is 12.3. The van der Waals surface area contributed by atoms with Crippen LogP contribution in [0.5, 0.6) is 0 Å². The van der Waals surface area contributed by atoms with Crippen molar-refractivity contribution in [1.29, 1.82) is 0 Å². The molecule has 0 aliphatic carbocycles. The van der Waals surface area contributed by atoms with Gasteiger partial charge in [-0.3, -0.25) is 0 Å². The van der Waals surface area contributed by atoms with E-state index < -0.39 is 6.16 Å². The molecule has 1 aromatic rings. The van der Waals surface area contributed by atoms with E-state index in [0.29, 0.717) is 6.54 Å². The van der Waals surface area contributed by atoms with Crippen molar-refractivity contribution < 1.29 is 14.3 Å². The summed E-state index contributed by atoms with van der Waals surface area (Å²) in [7, 11) is 1.26. The highest BCUT2D eigenvalue weighted by Gasteiger charge is 1.95. The molecule has 4 nitrogen and oxygen atoms in total. The number of carbonyl (C=O) groups is 1. The minimum Gasteiger partial charge on any atom is -0.438 e. The van der Waals surface area contributed by atoms with Crippen LogP contribution in [-0.2, 0) is 16.0 Å². The molecular weight excluding hydrogens is 218 g/mol. The van der Waals surface area contributed by atoms with E-state index in [2.05, 4.69) is 26.6 Å². The van der Waals surface area contributed by atoms with Crippen LogP contribution in [0.4, 0.5) is 4.79 Å². The highest BCUT2D eigenvalue weighted by Crippen LogP contribution is 1.96. The predicted molar refractivity (Wildman–Crippen MR) is 64.3 cm³/mol. The van der Waals surface area contributed by atoms with Crippen LogP contribution in [0.1, 0.15) is 5.56 Å². The van der Waals surface area contributed by atoms with Crippen LogP contribution in [0.25, 0.3) is 0 Å². The molecule has 0 aromatic heterocycles. The summed E-state index contributed by atoms with van der Waals surface area (Å²) < 4.78 is 8.88. The van der Waals surface area contributed by atoms with Crippen LogP contribution in [0, 0.1) is 11.8 Å². The zero-order valence-electron chi connectivity index (χ0n) is 9.73. The Kier molecular flexibility index (Phi) is 6.30. The highest BCUT2D eigenvalue weighted by molar-refractivity contribution is 5.59. The zero-order valence-corrected chi connectivity index (χ0v) is 9.73. The SMILES string of the molecule is COC(=O)OCC#CCNCc1ccccc1. The summed E-state index contributed by atoms with van der Waals surface area (Å²) in [6.45, 7) is 1.38. The molecule has 0 radical (unpaired) electrons. The van der Waals surface area contributed by atoms with Gasteiger partial charge in [0.1, 0.15) is 0 Å². The summed E-state index contributed by atoms with van der Waals surface area (Å²) in [6.07, 6.45) is -0.712. The van der Waals surface area contributed by atoms with Gasteiger partial charge >= 0.3 is 6.16 Å². The van der Waals surface area contributed by atoms with E-state index in [1.165, 1.54) is 12.7 Å². The van der Waals surface area contributed by atoms with Crippen molar-refractivity contribution in [2.75, 3.05) is 20.3 Å². The summed E-state index contributed by atoms with van der Waals surface area (Å²) >= 11 is 0. The third-order valence-electron chi connectivity index (χ3n) is 1.94. The van der Waals surface area contributed by atoms with Gasteiger partial charge in [-0.15, -0.1) is 0 Å². The molecule has 0 saturated carbocycles. The Bertz CT molecular complexity index is 392. The maximum absolute atomic E-state index is 10.6. The van der Waals surface area contributed by atoms with Crippen molar-refractivity contribution in [3.05, 3.63) is 35.9 Å². The normalized spacial score (nSPS) is 9.00. The lowest BCUT2D eigenvalue weighted by molar-refractivity contribution is 0.0832. The second-order valence-electron chi connectivity index (χ2n) is 3.19. The molecular formula is C13H15NO3. The molecule has 90 valence electrons. The van der Waals surface area contributed by atoms with Crippen LogP contribution in [-0.4, -0.2) is 26.4 Å². The molecule has 0 atom stereocenters. The topological polar surface area (TPSA) is 47.6 Å². The number of rotatable bonds is 4. The lowest BCUT2D eigenvalue weighted by atomic mass is 10.2.